The van der Waals surface area contributed by atoms with Crippen LogP contribution in [0.5, 0.6) is 0 Å². The average molecular weight is 246 g/mol. The topological polar surface area (TPSA) is 35.5 Å². The van der Waals surface area contributed by atoms with Gasteiger partial charge in [-0.1, -0.05) is 0 Å². The fourth-order valence-electron chi connectivity index (χ4n) is 0.923. The van der Waals surface area contributed by atoms with Crippen LogP contribution >= 0.6 is 24.0 Å². The second-order valence-electron chi connectivity index (χ2n) is 3.22. The first-order valence-corrected chi connectivity index (χ1v) is 5.98. The zero-order valence-corrected chi connectivity index (χ0v) is 10.4. The molecule has 0 aliphatic rings. The lowest BCUT2D eigenvalue weighted by molar-refractivity contribution is 0.0180. The molecule has 0 amide bonds. The maximum absolute atomic E-state index is 11.4. The maximum Gasteiger partial charge on any atom is 0.348 e. The SMILES string of the molecule is CC(C)OCCOC(=O)c1cc(S)cs1. The normalized spacial score (nSPS) is 10.7. The molecule has 15 heavy (non-hydrogen) atoms. The molecule has 0 spiro atoms. The molecule has 84 valence electrons. The lowest BCUT2D eigenvalue weighted by atomic mass is 10.5. The first-order valence-electron chi connectivity index (χ1n) is 4.66. The summed E-state index contributed by atoms with van der Waals surface area (Å²) in [5, 5.41) is 1.80. The molecule has 0 fully saturated rings. The number of thiol groups is 1. The minimum absolute atomic E-state index is 0.162. The Hall–Kier alpha value is -0.520. The monoisotopic (exact) mass is 246 g/mol. The highest BCUT2D eigenvalue weighted by molar-refractivity contribution is 7.80. The molecule has 0 saturated carbocycles. The highest BCUT2D eigenvalue weighted by Gasteiger charge is 2.09. The quantitative estimate of drug-likeness (QED) is 0.493. The van der Waals surface area contributed by atoms with Crippen LogP contribution in [0.3, 0.4) is 0 Å². The van der Waals surface area contributed by atoms with E-state index in [1.165, 1.54) is 11.3 Å². The lowest BCUT2D eigenvalue weighted by Gasteiger charge is -2.07. The largest absolute Gasteiger partial charge is 0.459 e. The molecule has 5 heteroatoms. The Bertz CT molecular complexity index is 320. The van der Waals surface area contributed by atoms with Gasteiger partial charge in [0.05, 0.1) is 12.7 Å². The first kappa shape index (κ1) is 12.5. The van der Waals surface area contributed by atoms with Crippen molar-refractivity contribution in [3.63, 3.8) is 0 Å². The summed E-state index contributed by atoms with van der Waals surface area (Å²) in [4.78, 5) is 12.8. The smallest absolute Gasteiger partial charge is 0.348 e. The van der Waals surface area contributed by atoms with E-state index in [-0.39, 0.29) is 18.7 Å². The Balaban J connectivity index is 2.25. The number of carbonyl (C=O) groups is 1. The molecule has 1 heterocycles. The average Bonchev–Trinajstić information content (AvgIpc) is 2.59. The van der Waals surface area contributed by atoms with E-state index in [2.05, 4.69) is 12.6 Å². The predicted molar refractivity (Wildman–Crippen MR) is 62.9 cm³/mol. The summed E-state index contributed by atoms with van der Waals surface area (Å²) in [7, 11) is 0. The van der Waals surface area contributed by atoms with Crippen LogP contribution in [-0.2, 0) is 9.47 Å². The summed E-state index contributed by atoms with van der Waals surface area (Å²) in [6.07, 6.45) is 0.162. The number of hydrogen-bond acceptors (Lipinski definition) is 5. The van der Waals surface area contributed by atoms with E-state index in [0.29, 0.717) is 11.5 Å². The van der Waals surface area contributed by atoms with Gasteiger partial charge < -0.3 is 9.47 Å². The molecule has 0 aromatic carbocycles. The summed E-state index contributed by atoms with van der Waals surface area (Å²) < 4.78 is 10.2. The third kappa shape index (κ3) is 4.68. The molecule has 1 rings (SSSR count). The number of thiophene rings is 1. The fourth-order valence-corrected chi connectivity index (χ4v) is 1.96. The second-order valence-corrected chi connectivity index (χ2v) is 4.65. The summed E-state index contributed by atoms with van der Waals surface area (Å²) in [5.74, 6) is -0.312. The number of ether oxygens (including phenoxy) is 2. The van der Waals surface area contributed by atoms with E-state index in [1.807, 2.05) is 13.8 Å². The Morgan fingerprint density at radius 1 is 1.53 bits per heavy atom. The van der Waals surface area contributed by atoms with Crippen molar-refractivity contribution in [1.82, 2.24) is 0 Å². The van der Waals surface area contributed by atoms with Gasteiger partial charge in [0.15, 0.2) is 0 Å². The van der Waals surface area contributed by atoms with Crippen LogP contribution in [0, 0.1) is 0 Å². The van der Waals surface area contributed by atoms with Crippen LogP contribution in [0.2, 0.25) is 0 Å². The summed E-state index contributed by atoms with van der Waals surface area (Å²) >= 11 is 5.44. The van der Waals surface area contributed by atoms with Gasteiger partial charge in [-0.05, 0) is 19.9 Å². The molecule has 0 atom stereocenters. The van der Waals surface area contributed by atoms with Gasteiger partial charge in [0.1, 0.15) is 11.5 Å². The Labute approximate surface area is 98.8 Å². The van der Waals surface area contributed by atoms with Crippen molar-refractivity contribution in [3.05, 3.63) is 16.3 Å². The van der Waals surface area contributed by atoms with E-state index < -0.39 is 0 Å². The van der Waals surface area contributed by atoms with Crippen molar-refractivity contribution < 1.29 is 14.3 Å². The number of esters is 1. The Morgan fingerprint density at radius 2 is 2.27 bits per heavy atom. The van der Waals surface area contributed by atoms with Crippen LogP contribution in [0.25, 0.3) is 0 Å². The third-order valence-corrected chi connectivity index (χ3v) is 2.90. The minimum atomic E-state index is -0.312. The lowest BCUT2D eigenvalue weighted by Crippen LogP contribution is -2.12. The molecule has 0 N–H and O–H groups in total. The second kappa shape index (κ2) is 6.15. The van der Waals surface area contributed by atoms with Gasteiger partial charge in [0, 0.05) is 10.3 Å². The van der Waals surface area contributed by atoms with E-state index in [4.69, 9.17) is 9.47 Å². The molecular weight excluding hydrogens is 232 g/mol. The van der Waals surface area contributed by atoms with Gasteiger partial charge in [-0.15, -0.1) is 24.0 Å². The molecular formula is C10H14O3S2. The molecule has 0 aliphatic carbocycles. The molecule has 1 aromatic heterocycles. The molecule has 0 bridgehead atoms. The zero-order valence-electron chi connectivity index (χ0n) is 8.73. The standard InChI is InChI=1S/C10H14O3S2/c1-7(2)12-3-4-13-10(11)9-5-8(14)6-15-9/h5-7,14H,3-4H2,1-2H3. The molecule has 0 unspecified atom stereocenters. The van der Waals surface area contributed by atoms with Crippen molar-refractivity contribution in [2.24, 2.45) is 0 Å². The summed E-state index contributed by atoms with van der Waals surface area (Å²) in [6, 6.07) is 1.69. The first-order chi connectivity index (χ1) is 7.09. The van der Waals surface area contributed by atoms with Crippen molar-refractivity contribution in [1.29, 1.82) is 0 Å². The van der Waals surface area contributed by atoms with Crippen molar-refractivity contribution in [3.8, 4) is 0 Å². The van der Waals surface area contributed by atoms with Crippen LogP contribution in [0.1, 0.15) is 23.5 Å². The van der Waals surface area contributed by atoms with Gasteiger partial charge in [-0.2, -0.15) is 0 Å². The highest BCUT2D eigenvalue weighted by atomic mass is 32.1. The van der Waals surface area contributed by atoms with Gasteiger partial charge in [0.2, 0.25) is 0 Å². The summed E-state index contributed by atoms with van der Waals surface area (Å²) in [6.45, 7) is 4.60. The van der Waals surface area contributed by atoms with Crippen LogP contribution in [0.15, 0.2) is 16.3 Å². The van der Waals surface area contributed by atoms with Crippen molar-refractivity contribution in [2.45, 2.75) is 24.8 Å². The molecule has 3 nitrogen and oxygen atoms in total. The predicted octanol–water partition coefficient (Wildman–Crippen LogP) is 2.62. The van der Waals surface area contributed by atoms with E-state index in [1.54, 1.807) is 11.4 Å². The molecule has 0 aliphatic heterocycles. The highest BCUT2D eigenvalue weighted by Crippen LogP contribution is 2.18. The van der Waals surface area contributed by atoms with Gasteiger partial charge in [-0.3, -0.25) is 0 Å². The minimum Gasteiger partial charge on any atom is -0.459 e. The molecule has 0 radical (unpaired) electrons. The Kier molecular flexibility index (Phi) is 5.14. The fraction of sp³-hybridized carbons (Fsp3) is 0.500. The number of carbonyl (C=O) groups excluding carboxylic acids is 1. The van der Waals surface area contributed by atoms with Crippen LogP contribution in [0.4, 0.5) is 0 Å². The van der Waals surface area contributed by atoms with Gasteiger partial charge >= 0.3 is 5.97 Å². The van der Waals surface area contributed by atoms with Crippen LogP contribution in [-0.4, -0.2) is 25.3 Å². The zero-order chi connectivity index (χ0) is 11.3. The molecule has 0 saturated heterocycles. The Morgan fingerprint density at radius 3 is 2.80 bits per heavy atom. The summed E-state index contributed by atoms with van der Waals surface area (Å²) in [5.41, 5.74) is 0. The number of hydrogen-bond donors (Lipinski definition) is 1. The van der Waals surface area contributed by atoms with E-state index in [0.717, 1.165) is 4.90 Å². The van der Waals surface area contributed by atoms with Crippen molar-refractivity contribution >= 4 is 29.9 Å². The molecule has 1 aromatic rings. The van der Waals surface area contributed by atoms with Crippen LogP contribution < -0.4 is 0 Å². The third-order valence-electron chi connectivity index (χ3n) is 1.55. The van der Waals surface area contributed by atoms with E-state index >= 15 is 0 Å². The van der Waals surface area contributed by atoms with Crippen molar-refractivity contribution in [2.75, 3.05) is 13.2 Å². The van der Waals surface area contributed by atoms with Gasteiger partial charge in [-0.25, -0.2) is 4.79 Å². The van der Waals surface area contributed by atoms with E-state index in [9.17, 15) is 4.79 Å². The number of rotatable bonds is 5. The maximum atomic E-state index is 11.4. The van der Waals surface area contributed by atoms with Gasteiger partial charge in [0.25, 0.3) is 0 Å².